The molecule has 3 aromatic carbocycles. The molecule has 0 saturated carbocycles. The van der Waals surface area contributed by atoms with E-state index in [0.717, 1.165) is 17.5 Å². The van der Waals surface area contributed by atoms with Crippen LogP contribution in [-0.4, -0.2) is 15.3 Å². The van der Waals surface area contributed by atoms with Crippen LogP contribution < -0.4 is 0 Å². The summed E-state index contributed by atoms with van der Waals surface area (Å²) in [5.41, 5.74) is 6.35. The summed E-state index contributed by atoms with van der Waals surface area (Å²) in [7, 11) is 0. The number of allylic oxidation sites excluding steroid dienone is 4. The van der Waals surface area contributed by atoms with E-state index in [4.69, 9.17) is 0 Å². The molecule has 0 amide bonds. The molecule has 3 heteroatoms. The Balaban J connectivity index is 1.92. The maximum absolute atomic E-state index is 10.2. The molecule has 1 unspecified atom stereocenters. The Kier molecular flexibility index (Phi) is 6.79. The Morgan fingerprint density at radius 1 is 0.541 bits per heavy atom. The van der Waals surface area contributed by atoms with Crippen molar-refractivity contribution in [2.24, 2.45) is 5.92 Å². The summed E-state index contributed by atoms with van der Waals surface area (Å²) >= 11 is 0. The predicted molar refractivity (Wildman–Crippen MR) is 153 cm³/mol. The molecule has 0 saturated heterocycles. The van der Waals surface area contributed by atoms with E-state index in [2.05, 4.69) is 72.7 Å². The van der Waals surface area contributed by atoms with Crippen LogP contribution in [0.3, 0.4) is 0 Å². The number of hydrogen-bond donors (Lipinski definition) is 3. The fourth-order valence-corrected chi connectivity index (χ4v) is 5.30. The van der Waals surface area contributed by atoms with Gasteiger partial charge in [-0.15, -0.1) is 0 Å². The maximum Gasteiger partial charge on any atom is 0.115 e. The average molecular weight is 497 g/mol. The van der Waals surface area contributed by atoms with Crippen molar-refractivity contribution in [2.45, 2.75) is 71.1 Å². The van der Waals surface area contributed by atoms with E-state index in [9.17, 15) is 15.3 Å². The Bertz CT molecular complexity index is 1260. The number of benzene rings is 3. The van der Waals surface area contributed by atoms with Crippen LogP contribution in [0.2, 0.25) is 0 Å². The van der Waals surface area contributed by atoms with Crippen molar-refractivity contribution in [3.8, 4) is 11.5 Å². The third-order valence-electron chi connectivity index (χ3n) is 8.57. The molecule has 3 nitrogen and oxygen atoms in total. The summed E-state index contributed by atoms with van der Waals surface area (Å²) < 4.78 is 0. The van der Waals surface area contributed by atoms with Gasteiger partial charge in [0.2, 0.25) is 0 Å². The van der Waals surface area contributed by atoms with Gasteiger partial charge in [-0.25, -0.2) is 0 Å². The lowest BCUT2D eigenvalue weighted by Gasteiger charge is -2.37. The van der Waals surface area contributed by atoms with Gasteiger partial charge < -0.3 is 15.3 Å². The van der Waals surface area contributed by atoms with Crippen molar-refractivity contribution in [1.29, 1.82) is 0 Å². The van der Waals surface area contributed by atoms with Crippen LogP contribution >= 0.6 is 0 Å². The minimum Gasteiger partial charge on any atom is -0.512 e. The molecule has 0 heterocycles. The smallest absolute Gasteiger partial charge is 0.115 e. The van der Waals surface area contributed by atoms with Crippen LogP contribution in [0.4, 0.5) is 0 Å². The zero-order valence-electron chi connectivity index (χ0n) is 23.1. The fourth-order valence-electron chi connectivity index (χ4n) is 5.30. The van der Waals surface area contributed by atoms with Crippen LogP contribution in [0.5, 0.6) is 11.5 Å². The number of aliphatic hydroxyl groups is 1. The van der Waals surface area contributed by atoms with Gasteiger partial charge in [-0.3, -0.25) is 0 Å². The second kappa shape index (κ2) is 9.45. The first-order chi connectivity index (χ1) is 17.2. The minimum absolute atomic E-state index is 0.101. The van der Waals surface area contributed by atoms with Crippen LogP contribution in [0, 0.1) is 5.92 Å². The molecule has 0 bridgehead atoms. The summed E-state index contributed by atoms with van der Waals surface area (Å²) in [5, 5.41) is 30.0. The quantitative estimate of drug-likeness (QED) is 0.321. The molecular formula is C34H40O3. The minimum atomic E-state index is -0.300. The van der Waals surface area contributed by atoms with E-state index in [1.807, 2.05) is 30.3 Å². The van der Waals surface area contributed by atoms with Crippen molar-refractivity contribution >= 4 is 0 Å². The van der Waals surface area contributed by atoms with Crippen molar-refractivity contribution < 1.29 is 15.3 Å². The molecule has 0 radical (unpaired) electrons. The van der Waals surface area contributed by atoms with Gasteiger partial charge in [0, 0.05) is 22.2 Å². The average Bonchev–Trinajstić information content (AvgIpc) is 2.86. The van der Waals surface area contributed by atoms with E-state index >= 15 is 0 Å². The standard InChI is InChI=1S/C34H40O3/c1-22-18-25(12-17-31(22)37)34(6,7)28-20-26(32(2,3)23-8-13-29(35)14-9-23)19-27(21-28)33(4,5)24-10-15-30(36)16-11-24/h8-17,19-22,35-37H,18H2,1-7H3. The Labute approximate surface area is 221 Å². The molecule has 0 aliphatic heterocycles. The van der Waals surface area contributed by atoms with Crippen LogP contribution in [0.25, 0.3) is 0 Å². The highest BCUT2D eigenvalue weighted by Crippen LogP contribution is 2.44. The van der Waals surface area contributed by atoms with Gasteiger partial charge in [-0.05, 0) is 64.6 Å². The van der Waals surface area contributed by atoms with E-state index in [1.165, 1.54) is 22.3 Å². The van der Waals surface area contributed by atoms with Crippen LogP contribution in [0.15, 0.2) is 90.2 Å². The van der Waals surface area contributed by atoms with E-state index in [-0.39, 0.29) is 33.7 Å². The summed E-state index contributed by atoms with van der Waals surface area (Å²) in [6.45, 7) is 15.5. The van der Waals surface area contributed by atoms with Gasteiger partial charge in [0.25, 0.3) is 0 Å². The van der Waals surface area contributed by atoms with Gasteiger partial charge in [0.15, 0.2) is 0 Å². The molecule has 1 aliphatic carbocycles. The first-order valence-corrected chi connectivity index (χ1v) is 13.1. The second-order valence-corrected chi connectivity index (χ2v) is 12.2. The maximum atomic E-state index is 10.2. The molecule has 0 fully saturated rings. The first kappa shape index (κ1) is 26.6. The lowest BCUT2D eigenvalue weighted by molar-refractivity contribution is 0.329. The number of rotatable bonds is 6. The topological polar surface area (TPSA) is 60.7 Å². The van der Waals surface area contributed by atoms with Crippen LogP contribution in [-0.2, 0) is 16.2 Å². The SMILES string of the molecule is CC1CC(C(C)(C)c2cc(C(C)(C)c3ccc(O)cc3)cc(C(C)(C)c3ccc(O)cc3)c2)=CC=C1O. The Morgan fingerprint density at radius 2 is 0.919 bits per heavy atom. The number of aromatic hydroxyl groups is 2. The summed E-state index contributed by atoms with van der Waals surface area (Å²) in [6, 6.07) is 21.9. The van der Waals surface area contributed by atoms with Crippen molar-refractivity contribution in [1.82, 2.24) is 0 Å². The van der Waals surface area contributed by atoms with Gasteiger partial charge in [-0.2, -0.15) is 0 Å². The van der Waals surface area contributed by atoms with Gasteiger partial charge in [0.05, 0.1) is 5.76 Å². The van der Waals surface area contributed by atoms with E-state index in [1.54, 1.807) is 24.3 Å². The van der Waals surface area contributed by atoms with Crippen LogP contribution in [0.1, 0.15) is 82.7 Å². The van der Waals surface area contributed by atoms with E-state index in [0.29, 0.717) is 5.76 Å². The number of hydrogen-bond acceptors (Lipinski definition) is 3. The summed E-state index contributed by atoms with van der Waals surface area (Å²) in [6.07, 6.45) is 4.74. The lowest BCUT2D eigenvalue weighted by atomic mass is 9.67. The normalized spacial score (nSPS) is 16.8. The van der Waals surface area contributed by atoms with Crippen molar-refractivity contribution in [2.75, 3.05) is 0 Å². The molecule has 1 atom stereocenters. The molecule has 3 N–H and O–H groups in total. The highest BCUT2D eigenvalue weighted by atomic mass is 16.3. The lowest BCUT2D eigenvalue weighted by Crippen LogP contribution is -2.28. The Morgan fingerprint density at radius 3 is 1.30 bits per heavy atom. The fraction of sp³-hybridized carbons (Fsp3) is 0.353. The first-order valence-electron chi connectivity index (χ1n) is 13.1. The monoisotopic (exact) mass is 496 g/mol. The molecule has 37 heavy (non-hydrogen) atoms. The molecule has 3 aromatic rings. The summed E-state index contributed by atoms with van der Waals surface area (Å²) in [5.74, 6) is 1.07. The zero-order chi connectivity index (χ0) is 27.2. The highest BCUT2D eigenvalue weighted by Gasteiger charge is 2.34. The third-order valence-corrected chi connectivity index (χ3v) is 8.57. The Hall–Kier alpha value is -3.46. The largest absolute Gasteiger partial charge is 0.512 e. The van der Waals surface area contributed by atoms with Crippen molar-refractivity contribution in [3.63, 3.8) is 0 Å². The number of aliphatic hydroxyl groups excluding tert-OH is 1. The number of phenols is 2. The van der Waals surface area contributed by atoms with Gasteiger partial charge in [-0.1, -0.05) is 103 Å². The van der Waals surface area contributed by atoms with E-state index < -0.39 is 0 Å². The number of phenolic OH excluding ortho intramolecular Hbond substituents is 2. The molecule has 4 rings (SSSR count). The summed E-state index contributed by atoms with van der Waals surface area (Å²) in [4.78, 5) is 0. The highest BCUT2D eigenvalue weighted by molar-refractivity contribution is 5.51. The molecule has 0 spiro atoms. The second-order valence-electron chi connectivity index (χ2n) is 12.2. The van der Waals surface area contributed by atoms with Gasteiger partial charge >= 0.3 is 0 Å². The van der Waals surface area contributed by atoms with Crippen molar-refractivity contribution in [3.05, 3.63) is 118 Å². The van der Waals surface area contributed by atoms with Gasteiger partial charge in [0.1, 0.15) is 11.5 Å². The third kappa shape index (κ3) is 5.05. The molecule has 194 valence electrons. The zero-order valence-corrected chi connectivity index (χ0v) is 23.1. The molecule has 1 aliphatic rings. The molecular weight excluding hydrogens is 456 g/mol. The predicted octanol–water partition coefficient (Wildman–Crippen LogP) is 8.44. The molecule has 0 aromatic heterocycles.